The molecule has 2 aliphatic heterocycles. The van der Waals surface area contributed by atoms with E-state index in [1.54, 1.807) is 65.7 Å². The number of likely N-dealkylation sites (tertiary alicyclic amines) is 1. The van der Waals surface area contributed by atoms with Gasteiger partial charge in [-0.1, -0.05) is 0 Å². The fourth-order valence-electron chi connectivity index (χ4n) is 5.50. The molecule has 1 fully saturated rings. The molecule has 2 N–H and O–H groups in total. The number of thioether (sulfide) groups is 1. The summed E-state index contributed by atoms with van der Waals surface area (Å²) in [5.74, 6) is -0.686. The van der Waals surface area contributed by atoms with Crippen molar-refractivity contribution >= 4 is 35.1 Å². The highest BCUT2D eigenvalue weighted by atomic mass is 32.2. The molecule has 3 aromatic rings. The number of alkyl halides is 2. The van der Waals surface area contributed by atoms with Crippen molar-refractivity contribution in [3.8, 4) is 5.75 Å². The highest BCUT2D eigenvalue weighted by Gasteiger charge is 2.33. The van der Waals surface area contributed by atoms with E-state index in [2.05, 4.69) is 20.8 Å². The number of ether oxygens (including phenoxy) is 1. The van der Waals surface area contributed by atoms with E-state index in [4.69, 9.17) is 4.74 Å². The number of carbonyl (C=O) groups excluding carboxylic acids is 3. The number of aromatic nitrogens is 3. The summed E-state index contributed by atoms with van der Waals surface area (Å²) in [5, 5.41) is 8.60. The molecule has 1 atom stereocenters. The molecule has 1 aromatic carbocycles. The Morgan fingerprint density at radius 2 is 1.96 bits per heavy atom. The lowest BCUT2D eigenvalue weighted by Gasteiger charge is -2.37. The lowest BCUT2D eigenvalue weighted by atomic mass is 10.0. The van der Waals surface area contributed by atoms with Crippen LogP contribution in [0.4, 0.5) is 8.78 Å². The third-order valence-corrected chi connectivity index (χ3v) is 8.78. The van der Waals surface area contributed by atoms with Crippen molar-refractivity contribution < 1.29 is 27.9 Å². The molecule has 1 saturated heterocycles. The Kier molecular flexibility index (Phi) is 10.4. The third-order valence-electron chi connectivity index (χ3n) is 8.06. The van der Waals surface area contributed by atoms with Crippen LogP contribution >= 0.6 is 11.8 Å². The van der Waals surface area contributed by atoms with Gasteiger partial charge in [0.15, 0.2) is 5.65 Å². The van der Waals surface area contributed by atoms with Crippen molar-refractivity contribution in [3.63, 3.8) is 0 Å². The summed E-state index contributed by atoms with van der Waals surface area (Å²) in [4.78, 5) is 49.4. The molecule has 1 unspecified atom stereocenters. The molecule has 4 heterocycles. The Hall–Kier alpha value is -4.28. The predicted octanol–water partition coefficient (Wildman–Crippen LogP) is 2.20. The van der Waals surface area contributed by atoms with Gasteiger partial charge in [0.2, 0.25) is 11.8 Å². The lowest BCUT2D eigenvalue weighted by Crippen LogP contribution is -2.50. The SMILES string of the molecule is CSc1ccc(OC(F)F)c(C2NN(CC(=O)N3CCC(N(C)CC(=O)N(C)C)CC3)C=C2NC(=O)c2cnn3cccnc23)c1. The number of carbonyl (C=O) groups is 3. The van der Waals surface area contributed by atoms with Crippen molar-refractivity contribution in [1.82, 2.24) is 45.0 Å². The molecule has 246 valence electrons. The molecule has 13 nitrogen and oxygen atoms in total. The van der Waals surface area contributed by atoms with Gasteiger partial charge in [-0.3, -0.25) is 19.3 Å². The topological polar surface area (TPSA) is 128 Å². The fourth-order valence-corrected chi connectivity index (χ4v) is 5.95. The maximum atomic E-state index is 13.5. The van der Waals surface area contributed by atoms with Gasteiger partial charge in [0.05, 0.1) is 24.5 Å². The number of nitrogens with zero attached hydrogens (tertiary/aromatic N) is 7. The Balaban J connectivity index is 1.33. The van der Waals surface area contributed by atoms with Crippen LogP contribution in [0.25, 0.3) is 5.65 Å². The largest absolute Gasteiger partial charge is 0.434 e. The van der Waals surface area contributed by atoms with E-state index in [0.29, 0.717) is 36.5 Å². The number of rotatable bonds is 11. The average Bonchev–Trinajstić information content (AvgIpc) is 3.65. The van der Waals surface area contributed by atoms with Crippen molar-refractivity contribution in [2.45, 2.75) is 36.4 Å². The minimum atomic E-state index is -3.06. The molecule has 0 radical (unpaired) electrons. The lowest BCUT2D eigenvalue weighted by molar-refractivity contribution is -0.135. The van der Waals surface area contributed by atoms with Gasteiger partial charge < -0.3 is 24.9 Å². The van der Waals surface area contributed by atoms with E-state index >= 15 is 0 Å². The quantitative estimate of drug-likeness (QED) is 0.297. The number of benzene rings is 1. The second kappa shape index (κ2) is 14.4. The summed E-state index contributed by atoms with van der Waals surface area (Å²) < 4.78 is 33.1. The van der Waals surface area contributed by atoms with Gasteiger partial charge in [-0.15, -0.1) is 11.8 Å². The molecule has 2 aromatic heterocycles. The number of amides is 3. The highest BCUT2D eigenvalue weighted by molar-refractivity contribution is 7.98. The normalized spacial score (nSPS) is 17.1. The van der Waals surface area contributed by atoms with Crippen LogP contribution in [0.2, 0.25) is 0 Å². The number of nitrogens with one attached hydrogen (secondary N) is 2. The summed E-state index contributed by atoms with van der Waals surface area (Å²) in [6, 6.07) is 5.89. The molecule has 5 rings (SSSR count). The Morgan fingerprint density at radius 3 is 2.65 bits per heavy atom. The zero-order chi connectivity index (χ0) is 33.0. The number of piperidine rings is 1. The molecule has 0 spiro atoms. The first-order valence-electron chi connectivity index (χ1n) is 14.7. The summed E-state index contributed by atoms with van der Waals surface area (Å²) in [6.07, 6.45) is 9.50. The second-order valence-electron chi connectivity index (χ2n) is 11.3. The van der Waals surface area contributed by atoms with Crippen molar-refractivity contribution in [3.05, 3.63) is 65.9 Å². The van der Waals surface area contributed by atoms with Crippen LogP contribution < -0.4 is 15.5 Å². The monoisotopic (exact) mass is 657 g/mol. The first-order valence-corrected chi connectivity index (χ1v) is 15.9. The van der Waals surface area contributed by atoms with Crippen molar-refractivity contribution in [2.24, 2.45) is 0 Å². The van der Waals surface area contributed by atoms with E-state index in [-0.39, 0.29) is 35.7 Å². The van der Waals surface area contributed by atoms with Gasteiger partial charge in [0.25, 0.3) is 5.91 Å². The van der Waals surface area contributed by atoms with Gasteiger partial charge in [-0.2, -0.15) is 13.9 Å². The Morgan fingerprint density at radius 1 is 1.20 bits per heavy atom. The standard InChI is InChI=1S/C30H37F2N9O4S/c1-37(2)25(42)17-38(3)19-8-12-39(13-9-19)26(43)18-40-16-23(35-29(44)22-15-34-41-11-5-10-33-28(22)41)27(36-40)21-14-20(46-4)6-7-24(21)45-30(31)32/h5-7,10-11,14-16,19,27,30,36H,8-9,12-13,17-18H2,1-4H3,(H,35,44). The van der Waals surface area contributed by atoms with Crippen LogP contribution in [0, 0.1) is 0 Å². The number of hydrogen-bond acceptors (Lipinski definition) is 10. The summed E-state index contributed by atoms with van der Waals surface area (Å²) >= 11 is 1.42. The van der Waals surface area contributed by atoms with Gasteiger partial charge in [0.1, 0.15) is 17.9 Å². The molecule has 0 bridgehead atoms. The molecule has 0 saturated carbocycles. The van der Waals surface area contributed by atoms with Gasteiger partial charge in [-0.05, 0) is 50.4 Å². The molecule has 16 heteroatoms. The Bertz CT molecular complexity index is 1610. The first kappa shape index (κ1) is 33.1. The Labute approximate surface area is 269 Å². The maximum Gasteiger partial charge on any atom is 0.387 e. The minimum absolute atomic E-state index is 0.0216. The zero-order valence-electron chi connectivity index (χ0n) is 26.0. The maximum absolute atomic E-state index is 13.5. The van der Waals surface area contributed by atoms with E-state index in [1.807, 2.05) is 18.2 Å². The number of likely N-dealkylation sites (N-methyl/N-ethyl adjacent to an activating group) is 2. The minimum Gasteiger partial charge on any atom is -0.434 e. The van der Waals surface area contributed by atoms with E-state index in [0.717, 1.165) is 17.7 Å². The number of hydrazine groups is 1. The van der Waals surface area contributed by atoms with Crippen molar-refractivity contribution in [2.75, 3.05) is 53.6 Å². The van der Waals surface area contributed by atoms with Crippen LogP contribution in [0.3, 0.4) is 0 Å². The van der Waals surface area contributed by atoms with Crippen LogP contribution in [0.15, 0.2) is 59.6 Å². The predicted molar refractivity (Wildman–Crippen MR) is 167 cm³/mol. The number of halogens is 2. The summed E-state index contributed by atoms with van der Waals surface area (Å²) in [6.45, 7) is -1.77. The smallest absolute Gasteiger partial charge is 0.387 e. The van der Waals surface area contributed by atoms with E-state index in [9.17, 15) is 23.2 Å². The van der Waals surface area contributed by atoms with Gasteiger partial charge >= 0.3 is 6.61 Å². The number of fused-ring (bicyclic) bond motifs is 1. The third kappa shape index (κ3) is 7.57. The van der Waals surface area contributed by atoms with Crippen LogP contribution in [0.1, 0.15) is 34.8 Å². The van der Waals surface area contributed by atoms with Gasteiger partial charge in [-0.25, -0.2) is 14.9 Å². The average molecular weight is 658 g/mol. The molecule has 46 heavy (non-hydrogen) atoms. The first-order chi connectivity index (χ1) is 22.0. The zero-order valence-corrected chi connectivity index (χ0v) is 26.8. The summed E-state index contributed by atoms with van der Waals surface area (Å²) in [7, 11) is 5.37. The molecule has 3 amide bonds. The van der Waals surface area contributed by atoms with E-state index < -0.39 is 18.6 Å². The molecule has 0 aliphatic carbocycles. The van der Waals surface area contributed by atoms with E-state index in [1.165, 1.54) is 28.5 Å². The molecular formula is C30H37F2N9O4S. The second-order valence-corrected chi connectivity index (χ2v) is 12.2. The molecule has 2 aliphatic rings. The van der Waals surface area contributed by atoms with Gasteiger partial charge in [0, 0.05) is 62.3 Å². The summed E-state index contributed by atoms with van der Waals surface area (Å²) in [5.41, 5.74) is 4.46. The fraction of sp³-hybridized carbons (Fsp3) is 0.433. The van der Waals surface area contributed by atoms with Crippen LogP contribution in [-0.2, 0) is 9.59 Å². The van der Waals surface area contributed by atoms with Crippen molar-refractivity contribution in [1.29, 1.82) is 0 Å². The highest BCUT2D eigenvalue weighted by Crippen LogP contribution is 2.36. The molecular weight excluding hydrogens is 620 g/mol. The number of hydrogen-bond donors (Lipinski definition) is 2. The van der Waals surface area contributed by atoms with Crippen LogP contribution in [0.5, 0.6) is 5.75 Å². The van der Waals surface area contributed by atoms with Crippen LogP contribution in [-0.4, -0.2) is 118 Å².